The minimum absolute atomic E-state index is 0.0213. The summed E-state index contributed by atoms with van der Waals surface area (Å²) < 4.78 is 11.2. The van der Waals surface area contributed by atoms with Crippen molar-refractivity contribution in [1.29, 1.82) is 0 Å². The molecule has 0 fully saturated rings. The summed E-state index contributed by atoms with van der Waals surface area (Å²) in [5.41, 5.74) is 1.40. The highest BCUT2D eigenvalue weighted by molar-refractivity contribution is 6.00. The van der Waals surface area contributed by atoms with Crippen LogP contribution in [0.5, 0.6) is 17.2 Å². The van der Waals surface area contributed by atoms with Crippen LogP contribution in [0.2, 0.25) is 0 Å². The summed E-state index contributed by atoms with van der Waals surface area (Å²) >= 11 is 0. The van der Waals surface area contributed by atoms with E-state index in [1.54, 1.807) is 13.2 Å². The molecular formula is C20H16O4. The number of carbonyl (C=O) groups is 1. The lowest BCUT2D eigenvalue weighted by Crippen LogP contribution is -2.20. The van der Waals surface area contributed by atoms with Crippen molar-refractivity contribution in [3.8, 4) is 17.2 Å². The maximum absolute atomic E-state index is 12.4. The number of aromatic hydroxyl groups is 1. The lowest BCUT2D eigenvalue weighted by Gasteiger charge is -2.25. The summed E-state index contributed by atoms with van der Waals surface area (Å²) in [6, 6.07) is 16.5. The summed E-state index contributed by atoms with van der Waals surface area (Å²) in [5.74, 6) is 1.38. The smallest absolute Gasteiger partial charge is 0.170 e. The number of rotatable bonds is 2. The monoisotopic (exact) mass is 320 g/mol. The fourth-order valence-electron chi connectivity index (χ4n) is 3.07. The zero-order valence-electron chi connectivity index (χ0n) is 13.2. The summed E-state index contributed by atoms with van der Waals surface area (Å²) in [4.78, 5) is 12.4. The van der Waals surface area contributed by atoms with Gasteiger partial charge in [-0.2, -0.15) is 0 Å². The van der Waals surface area contributed by atoms with Crippen molar-refractivity contribution in [2.75, 3.05) is 7.11 Å². The lowest BCUT2D eigenvalue weighted by molar-refractivity contribution is 0.0849. The number of phenolic OH excluding ortho intramolecular Hbond substituents is 1. The molecule has 0 bridgehead atoms. The molecule has 1 atom stereocenters. The number of hydrogen-bond donors (Lipinski definition) is 1. The predicted molar refractivity (Wildman–Crippen MR) is 90.9 cm³/mol. The van der Waals surface area contributed by atoms with Crippen LogP contribution in [0.1, 0.15) is 28.4 Å². The number of benzene rings is 3. The second-order valence-corrected chi connectivity index (χ2v) is 5.89. The summed E-state index contributed by atoms with van der Waals surface area (Å²) in [7, 11) is 1.65. The van der Waals surface area contributed by atoms with Gasteiger partial charge in [-0.25, -0.2) is 0 Å². The van der Waals surface area contributed by atoms with Gasteiger partial charge in [0.05, 0.1) is 19.1 Å². The fraction of sp³-hybridized carbons (Fsp3) is 0.150. The molecule has 0 aliphatic carbocycles. The van der Waals surface area contributed by atoms with E-state index in [0.29, 0.717) is 11.3 Å². The molecule has 0 aromatic heterocycles. The third kappa shape index (κ3) is 2.46. The van der Waals surface area contributed by atoms with Gasteiger partial charge >= 0.3 is 0 Å². The van der Waals surface area contributed by atoms with Crippen molar-refractivity contribution < 1.29 is 19.4 Å². The molecule has 0 amide bonds. The van der Waals surface area contributed by atoms with E-state index in [-0.39, 0.29) is 24.1 Å². The van der Waals surface area contributed by atoms with Crippen molar-refractivity contribution in [2.24, 2.45) is 0 Å². The van der Waals surface area contributed by atoms with Gasteiger partial charge in [0.25, 0.3) is 0 Å². The Kier molecular flexibility index (Phi) is 3.38. The van der Waals surface area contributed by atoms with Gasteiger partial charge in [-0.3, -0.25) is 4.79 Å². The normalized spacial score (nSPS) is 16.5. The molecular weight excluding hydrogens is 304 g/mol. The summed E-state index contributed by atoms with van der Waals surface area (Å²) in [5, 5.41) is 11.7. The molecule has 4 heteroatoms. The first kappa shape index (κ1) is 14.6. The van der Waals surface area contributed by atoms with Crippen LogP contribution in [0.25, 0.3) is 10.8 Å². The Bertz CT molecular complexity index is 946. The van der Waals surface area contributed by atoms with Crippen LogP contribution < -0.4 is 9.47 Å². The van der Waals surface area contributed by atoms with E-state index >= 15 is 0 Å². The minimum atomic E-state index is -0.318. The highest BCUT2D eigenvalue weighted by atomic mass is 16.5. The number of ketones is 1. The van der Waals surface area contributed by atoms with Gasteiger partial charge in [0, 0.05) is 0 Å². The number of hydrogen-bond acceptors (Lipinski definition) is 4. The van der Waals surface area contributed by atoms with Gasteiger partial charge in [0.1, 0.15) is 23.4 Å². The molecule has 1 aliphatic heterocycles. The van der Waals surface area contributed by atoms with E-state index in [0.717, 1.165) is 22.1 Å². The quantitative estimate of drug-likeness (QED) is 0.766. The van der Waals surface area contributed by atoms with Gasteiger partial charge in [0.15, 0.2) is 5.78 Å². The van der Waals surface area contributed by atoms with Gasteiger partial charge in [0.2, 0.25) is 0 Å². The Morgan fingerprint density at radius 3 is 2.67 bits per heavy atom. The molecule has 0 radical (unpaired) electrons. The van der Waals surface area contributed by atoms with Crippen molar-refractivity contribution >= 4 is 16.6 Å². The SMILES string of the molecule is COc1ccc2cc(C3CC(=O)c4cc(O)ccc4O3)ccc2c1. The van der Waals surface area contributed by atoms with Crippen molar-refractivity contribution in [3.63, 3.8) is 0 Å². The van der Waals surface area contributed by atoms with E-state index in [9.17, 15) is 9.90 Å². The molecule has 0 spiro atoms. The van der Waals surface area contributed by atoms with E-state index in [2.05, 4.69) is 0 Å². The number of methoxy groups -OCH3 is 1. The second kappa shape index (κ2) is 5.57. The standard InChI is InChI=1S/C20H16O4/c1-23-16-6-4-12-8-14(3-2-13(12)9-16)20-11-18(22)17-10-15(21)5-7-19(17)24-20/h2-10,20-21H,11H2,1H3. The Hall–Kier alpha value is -3.01. The first-order valence-corrected chi connectivity index (χ1v) is 7.74. The van der Waals surface area contributed by atoms with Crippen molar-refractivity contribution in [1.82, 2.24) is 0 Å². The molecule has 4 rings (SSSR count). The van der Waals surface area contributed by atoms with Crippen LogP contribution in [-0.2, 0) is 0 Å². The Morgan fingerprint density at radius 2 is 1.83 bits per heavy atom. The Balaban J connectivity index is 1.70. The number of carbonyl (C=O) groups excluding carboxylic acids is 1. The van der Waals surface area contributed by atoms with E-state index < -0.39 is 0 Å². The average Bonchev–Trinajstić information content (AvgIpc) is 2.61. The van der Waals surface area contributed by atoms with Crippen LogP contribution >= 0.6 is 0 Å². The zero-order chi connectivity index (χ0) is 16.7. The van der Waals surface area contributed by atoms with Crippen molar-refractivity contribution in [3.05, 3.63) is 65.7 Å². The van der Waals surface area contributed by atoms with Crippen LogP contribution in [0.15, 0.2) is 54.6 Å². The highest BCUT2D eigenvalue weighted by Crippen LogP contribution is 2.37. The van der Waals surface area contributed by atoms with Crippen LogP contribution in [-0.4, -0.2) is 18.0 Å². The maximum atomic E-state index is 12.4. The molecule has 120 valence electrons. The fourth-order valence-corrected chi connectivity index (χ4v) is 3.07. The highest BCUT2D eigenvalue weighted by Gasteiger charge is 2.28. The van der Waals surface area contributed by atoms with E-state index in [1.807, 2.05) is 36.4 Å². The van der Waals surface area contributed by atoms with Gasteiger partial charge < -0.3 is 14.6 Å². The Labute approximate surface area is 139 Å². The first-order chi connectivity index (χ1) is 11.6. The molecule has 1 aliphatic rings. The van der Waals surface area contributed by atoms with Crippen LogP contribution in [0.4, 0.5) is 0 Å². The number of ether oxygens (including phenoxy) is 2. The largest absolute Gasteiger partial charge is 0.508 e. The molecule has 3 aromatic carbocycles. The third-order valence-electron chi connectivity index (χ3n) is 4.35. The molecule has 24 heavy (non-hydrogen) atoms. The number of fused-ring (bicyclic) bond motifs is 2. The molecule has 1 N–H and O–H groups in total. The molecule has 1 unspecified atom stereocenters. The topological polar surface area (TPSA) is 55.8 Å². The molecule has 0 saturated heterocycles. The zero-order valence-corrected chi connectivity index (χ0v) is 13.2. The maximum Gasteiger partial charge on any atom is 0.170 e. The van der Waals surface area contributed by atoms with Crippen LogP contribution in [0.3, 0.4) is 0 Å². The average molecular weight is 320 g/mol. The summed E-state index contributed by atoms with van der Waals surface area (Å²) in [6.45, 7) is 0. The third-order valence-corrected chi connectivity index (χ3v) is 4.35. The van der Waals surface area contributed by atoms with Gasteiger partial charge in [-0.1, -0.05) is 18.2 Å². The van der Waals surface area contributed by atoms with Gasteiger partial charge in [-0.05, 0) is 52.7 Å². The first-order valence-electron chi connectivity index (χ1n) is 7.74. The molecule has 4 nitrogen and oxygen atoms in total. The number of Topliss-reactive ketones (excluding diaryl/α,β-unsaturated/α-hetero) is 1. The second-order valence-electron chi connectivity index (χ2n) is 5.89. The summed E-state index contributed by atoms with van der Waals surface area (Å²) in [6.07, 6.45) is -0.0565. The van der Waals surface area contributed by atoms with E-state index in [4.69, 9.17) is 9.47 Å². The van der Waals surface area contributed by atoms with Gasteiger partial charge in [-0.15, -0.1) is 0 Å². The minimum Gasteiger partial charge on any atom is -0.508 e. The predicted octanol–water partition coefficient (Wildman–Crippen LogP) is 4.26. The molecule has 3 aromatic rings. The van der Waals surface area contributed by atoms with Crippen LogP contribution in [0, 0.1) is 0 Å². The Morgan fingerprint density at radius 1 is 1.04 bits per heavy atom. The molecule has 0 saturated carbocycles. The lowest BCUT2D eigenvalue weighted by atomic mass is 9.94. The van der Waals surface area contributed by atoms with E-state index in [1.165, 1.54) is 12.1 Å². The van der Waals surface area contributed by atoms with Crippen molar-refractivity contribution in [2.45, 2.75) is 12.5 Å². The molecule has 1 heterocycles. The number of phenols is 1.